The summed E-state index contributed by atoms with van der Waals surface area (Å²) in [6.07, 6.45) is 5.52. The first-order chi connectivity index (χ1) is 9.45. The fourth-order valence-corrected chi connectivity index (χ4v) is 2.97. The summed E-state index contributed by atoms with van der Waals surface area (Å²) in [7, 11) is 0.778. The standard InChI is InChI=1S/C17H18.ClH3Si/c1-2-8-14(9-3-1)16-12-6-7-13-17(16)15-10-4-5-11-15;1-2/h1-3,6-9,12-13,15H,4-5,10-11H2;2H3. The van der Waals surface area contributed by atoms with Crippen molar-refractivity contribution in [2.45, 2.75) is 31.6 Å². The molecule has 0 radical (unpaired) electrons. The minimum absolute atomic E-state index is 0.778. The molecule has 2 aromatic rings. The van der Waals surface area contributed by atoms with Crippen molar-refractivity contribution in [2.24, 2.45) is 0 Å². The van der Waals surface area contributed by atoms with Crippen LogP contribution in [-0.4, -0.2) is 9.55 Å². The molecule has 0 amide bonds. The van der Waals surface area contributed by atoms with Gasteiger partial charge in [0.2, 0.25) is 0 Å². The molecule has 0 spiro atoms. The van der Waals surface area contributed by atoms with E-state index in [1.54, 1.807) is 5.56 Å². The quantitative estimate of drug-likeness (QED) is 0.563. The Kier molecular flexibility index (Phi) is 5.68. The summed E-state index contributed by atoms with van der Waals surface area (Å²) in [5.74, 6) is 0.784. The molecule has 0 nitrogen and oxygen atoms in total. The Morgan fingerprint density at radius 2 is 1.37 bits per heavy atom. The average Bonchev–Trinajstić information content (AvgIpc) is 3.04. The highest BCUT2D eigenvalue weighted by molar-refractivity contribution is 6.80. The molecule has 0 atom stereocenters. The van der Waals surface area contributed by atoms with Crippen LogP contribution in [0.5, 0.6) is 0 Å². The van der Waals surface area contributed by atoms with Gasteiger partial charge in [-0.2, -0.15) is 11.1 Å². The molecule has 1 aliphatic rings. The smallest absolute Gasteiger partial charge is 0.109 e. The summed E-state index contributed by atoms with van der Waals surface area (Å²) in [4.78, 5) is 0. The van der Waals surface area contributed by atoms with E-state index in [-0.39, 0.29) is 0 Å². The van der Waals surface area contributed by atoms with E-state index < -0.39 is 0 Å². The lowest BCUT2D eigenvalue weighted by Gasteiger charge is -2.15. The summed E-state index contributed by atoms with van der Waals surface area (Å²) in [5, 5.41) is 0. The molecule has 0 unspecified atom stereocenters. The van der Waals surface area contributed by atoms with Crippen molar-refractivity contribution in [1.29, 1.82) is 0 Å². The van der Waals surface area contributed by atoms with Crippen molar-refractivity contribution in [3.05, 3.63) is 60.2 Å². The van der Waals surface area contributed by atoms with E-state index in [0.717, 1.165) is 15.5 Å². The Bertz CT molecular complexity index is 490. The topological polar surface area (TPSA) is 0 Å². The SMILES string of the molecule is [SiH3]Cl.c1ccc(-c2ccccc2C2CCCC2)cc1. The molecule has 1 fully saturated rings. The molecule has 0 bridgehead atoms. The lowest BCUT2D eigenvalue weighted by Crippen LogP contribution is -1.95. The molecule has 100 valence electrons. The monoisotopic (exact) mass is 288 g/mol. The third-order valence-electron chi connectivity index (χ3n) is 3.84. The van der Waals surface area contributed by atoms with Gasteiger partial charge in [-0.05, 0) is 35.4 Å². The van der Waals surface area contributed by atoms with Gasteiger partial charge < -0.3 is 0 Å². The summed E-state index contributed by atoms with van der Waals surface area (Å²) in [6.45, 7) is 0. The minimum atomic E-state index is 0.778. The average molecular weight is 289 g/mol. The fourth-order valence-electron chi connectivity index (χ4n) is 2.97. The molecule has 0 aromatic heterocycles. The van der Waals surface area contributed by atoms with Gasteiger partial charge in [-0.3, -0.25) is 0 Å². The van der Waals surface area contributed by atoms with E-state index >= 15 is 0 Å². The third-order valence-corrected chi connectivity index (χ3v) is 3.84. The van der Waals surface area contributed by atoms with E-state index in [1.807, 2.05) is 0 Å². The van der Waals surface area contributed by atoms with Gasteiger partial charge in [0.05, 0.1) is 0 Å². The lowest BCUT2D eigenvalue weighted by molar-refractivity contribution is 0.725. The van der Waals surface area contributed by atoms with Crippen molar-refractivity contribution < 1.29 is 0 Å². The van der Waals surface area contributed by atoms with Gasteiger partial charge in [0.1, 0.15) is 9.55 Å². The molecule has 1 saturated carbocycles. The maximum Gasteiger partial charge on any atom is 0.109 e. The van der Waals surface area contributed by atoms with Gasteiger partial charge in [-0.1, -0.05) is 67.4 Å². The van der Waals surface area contributed by atoms with Crippen LogP contribution in [0.3, 0.4) is 0 Å². The minimum Gasteiger partial charge on any atom is -0.181 e. The predicted octanol–water partition coefficient (Wildman–Crippen LogP) is 4.52. The van der Waals surface area contributed by atoms with E-state index in [9.17, 15) is 0 Å². The summed E-state index contributed by atoms with van der Waals surface area (Å²) >= 11 is 4.78. The molecule has 3 rings (SSSR count). The molecule has 1 aliphatic carbocycles. The summed E-state index contributed by atoms with van der Waals surface area (Å²) in [5.41, 5.74) is 4.34. The van der Waals surface area contributed by atoms with E-state index in [0.29, 0.717) is 0 Å². The van der Waals surface area contributed by atoms with Crippen LogP contribution in [0, 0.1) is 0 Å². The van der Waals surface area contributed by atoms with Crippen LogP contribution in [0.15, 0.2) is 54.6 Å². The van der Waals surface area contributed by atoms with Crippen LogP contribution < -0.4 is 0 Å². The van der Waals surface area contributed by atoms with Gasteiger partial charge >= 0.3 is 0 Å². The lowest BCUT2D eigenvalue weighted by atomic mass is 9.89. The first-order valence-electron chi connectivity index (χ1n) is 6.97. The second-order valence-corrected chi connectivity index (χ2v) is 4.93. The Morgan fingerprint density at radius 1 is 0.789 bits per heavy atom. The summed E-state index contributed by atoms with van der Waals surface area (Å²) in [6, 6.07) is 19.7. The van der Waals surface area contributed by atoms with Crippen LogP contribution in [0.4, 0.5) is 0 Å². The number of benzene rings is 2. The molecule has 2 heteroatoms. The Hall–Kier alpha value is -1.05. The molecule has 0 aliphatic heterocycles. The van der Waals surface area contributed by atoms with E-state index in [4.69, 9.17) is 11.1 Å². The predicted molar refractivity (Wildman–Crippen MR) is 88.9 cm³/mol. The zero-order valence-electron chi connectivity index (χ0n) is 11.5. The van der Waals surface area contributed by atoms with Gasteiger partial charge in [0.25, 0.3) is 0 Å². The van der Waals surface area contributed by atoms with Gasteiger partial charge in [0.15, 0.2) is 0 Å². The highest BCUT2D eigenvalue weighted by atomic mass is 35.6. The van der Waals surface area contributed by atoms with Crippen molar-refractivity contribution in [3.63, 3.8) is 0 Å². The third kappa shape index (κ3) is 3.49. The van der Waals surface area contributed by atoms with E-state index in [1.165, 1.54) is 36.8 Å². The molecule has 0 N–H and O–H groups in total. The first kappa shape index (κ1) is 14.4. The van der Waals surface area contributed by atoms with Gasteiger partial charge in [0, 0.05) is 0 Å². The zero-order chi connectivity index (χ0) is 13.5. The molecule has 2 aromatic carbocycles. The van der Waals surface area contributed by atoms with Gasteiger partial charge in [-0.25, -0.2) is 0 Å². The van der Waals surface area contributed by atoms with Crippen LogP contribution >= 0.6 is 11.1 Å². The molecule has 19 heavy (non-hydrogen) atoms. The Morgan fingerprint density at radius 3 is 2.05 bits per heavy atom. The number of halogens is 1. The van der Waals surface area contributed by atoms with Crippen molar-refractivity contribution in [2.75, 3.05) is 0 Å². The van der Waals surface area contributed by atoms with Crippen molar-refractivity contribution in [1.82, 2.24) is 0 Å². The maximum absolute atomic E-state index is 4.78. The molecule has 0 saturated heterocycles. The largest absolute Gasteiger partial charge is 0.181 e. The highest BCUT2D eigenvalue weighted by Gasteiger charge is 2.19. The molecule has 0 heterocycles. The Balaban J connectivity index is 0.000000637. The zero-order valence-corrected chi connectivity index (χ0v) is 14.2. The number of hydrogen-bond donors (Lipinski definition) is 0. The van der Waals surface area contributed by atoms with Crippen LogP contribution in [0.2, 0.25) is 0 Å². The number of rotatable bonds is 2. The van der Waals surface area contributed by atoms with Crippen LogP contribution in [0.25, 0.3) is 11.1 Å². The maximum atomic E-state index is 4.78. The fraction of sp³-hybridized carbons (Fsp3) is 0.294. The molecular weight excluding hydrogens is 268 g/mol. The van der Waals surface area contributed by atoms with Crippen LogP contribution in [-0.2, 0) is 0 Å². The van der Waals surface area contributed by atoms with E-state index in [2.05, 4.69) is 54.6 Å². The van der Waals surface area contributed by atoms with Crippen molar-refractivity contribution >= 4 is 20.6 Å². The number of hydrogen-bond acceptors (Lipinski definition) is 0. The normalized spacial score (nSPS) is 15.0. The van der Waals surface area contributed by atoms with Crippen LogP contribution in [0.1, 0.15) is 37.2 Å². The first-order valence-corrected chi connectivity index (χ1v) is 9.99. The van der Waals surface area contributed by atoms with Gasteiger partial charge in [-0.15, -0.1) is 0 Å². The van der Waals surface area contributed by atoms with Crippen molar-refractivity contribution in [3.8, 4) is 11.1 Å². The summed E-state index contributed by atoms with van der Waals surface area (Å²) < 4.78 is 0. The highest BCUT2D eigenvalue weighted by Crippen LogP contribution is 2.38. The Labute approximate surface area is 123 Å². The molecular formula is C17H21ClSi. The second-order valence-electron chi connectivity index (χ2n) is 4.93. The second kappa shape index (κ2) is 7.52.